The third-order valence-electron chi connectivity index (χ3n) is 6.54. The Bertz CT molecular complexity index is 1560. The molecule has 0 aliphatic carbocycles. The topological polar surface area (TPSA) is 110 Å². The molecule has 41 heavy (non-hydrogen) atoms. The van der Waals surface area contributed by atoms with E-state index in [9.17, 15) is 18.4 Å². The van der Waals surface area contributed by atoms with Crippen LogP contribution in [-0.2, 0) is 0 Å². The fourth-order valence-corrected chi connectivity index (χ4v) is 4.68. The summed E-state index contributed by atoms with van der Waals surface area (Å²) in [5, 5.41) is 5.85. The van der Waals surface area contributed by atoms with E-state index in [1.807, 2.05) is 7.05 Å². The van der Waals surface area contributed by atoms with Crippen LogP contribution in [0.2, 0.25) is 0 Å². The molecule has 212 valence electrons. The number of likely N-dealkylation sites (tertiary alicyclic amines) is 1. The largest absolute Gasteiger partial charge is 0.454 e. The van der Waals surface area contributed by atoms with Crippen LogP contribution in [0.25, 0.3) is 11.3 Å². The van der Waals surface area contributed by atoms with Crippen molar-refractivity contribution in [3.63, 3.8) is 0 Å². The molecule has 0 atom stereocenters. The van der Waals surface area contributed by atoms with Gasteiger partial charge in [0.25, 0.3) is 17.0 Å². The number of amides is 2. The number of hydrogen-bond donors (Lipinski definition) is 2. The molecule has 0 spiro atoms. The normalized spacial score (nSPS) is 14.0. The molecule has 1 saturated heterocycles. The lowest BCUT2D eigenvalue weighted by Crippen LogP contribution is -2.43. The van der Waals surface area contributed by atoms with Gasteiger partial charge < -0.3 is 24.7 Å². The van der Waals surface area contributed by atoms with E-state index in [2.05, 4.69) is 25.5 Å². The fourth-order valence-electron chi connectivity index (χ4n) is 4.33. The number of nitrogens with one attached hydrogen (secondary N) is 2. The maximum atomic E-state index is 15.0. The first-order chi connectivity index (χ1) is 19.8. The van der Waals surface area contributed by atoms with Crippen LogP contribution in [0.1, 0.15) is 33.8 Å². The second-order valence-corrected chi connectivity index (χ2v) is 10.3. The first-order valence-electron chi connectivity index (χ1n) is 12.8. The molecule has 2 aromatic carbocycles. The summed E-state index contributed by atoms with van der Waals surface area (Å²) in [5.74, 6) is -1.81. The summed E-state index contributed by atoms with van der Waals surface area (Å²) in [6.07, 6.45) is 4.87. The number of thioether (sulfide) groups is 1. The number of anilines is 1. The first kappa shape index (κ1) is 28.2. The van der Waals surface area contributed by atoms with Crippen molar-refractivity contribution in [2.45, 2.75) is 24.1 Å². The maximum Gasteiger partial charge on any atom is 0.278 e. The Morgan fingerprint density at radius 1 is 1.05 bits per heavy atom. The summed E-state index contributed by atoms with van der Waals surface area (Å²) in [7, 11) is 2.05. The Morgan fingerprint density at radius 3 is 2.51 bits per heavy atom. The number of carbonyl (C=O) groups excluding carboxylic acids is 2. The summed E-state index contributed by atoms with van der Waals surface area (Å²) in [5.41, 5.74) is 0.770. The zero-order valence-corrected chi connectivity index (χ0v) is 23.1. The van der Waals surface area contributed by atoms with E-state index < -0.39 is 17.5 Å². The highest BCUT2D eigenvalue weighted by atomic mass is 32.2. The van der Waals surface area contributed by atoms with Gasteiger partial charge in [-0.25, -0.2) is 8.78 Å². The minimum Gasteiger partial charge on any atom is -0.454 e. The van der Waals surface area contributed by atoms with Crippen molar-refractivity contribution >= 4 is 29.3 Å². The Kier molecular flexibility index (Phi) is 8.60. The third kappa shape index (κ3) is 6.90. The monoisotopic (exact) mass is 579 g/mol. The smallest absolute Gasteiger partial charge is 0.278 e. The molecule has 0 unspecified atom stereocenters. The molecular formula is C29H27F2N5O4S. The van der Waals surface area contributed by atoms with Gasteiger partial charge in [0.2, 0.25) is 0 Å². The van der Waals surface area contributed by atoms with E-state index in [0.29, 0.717) is 5.56 Å². The molecule has 0 saturated carbocycles. The lowest BCUT2D eigenvalue weighted by atomic mass is 10.1. The molecular weight excluding hydrogens is 552 g/mol. The standard InChI is InChI=1S/C29H27F2N5O4S/c1-36-13-10-19(11-14-36)33-27(37)23-16-21(9-12-32-23)39-24-8-7-20(15-22(24)31)34-28(38)25-26(40-29(35-25)41-2)17-3-5-18(30)6-4-17/h3-9,12,15-16,19H,10-11,13-14H2,1-2H3,(H,33,37)(H,34,38). The van der Waals surface area contributed by atoms with Crippen LogP contribution in [0.5, 0.6) is 11.5 Å². The van der Waals surface area contributed by atoms with Gasteiger partial charge >= 0.3 is 0 Å². The molecule has 1 aliphatic rings. The van der Waals surface area contributed by atoms with E-state index in [1.165, 1.54) is 66.5 Å². The Balaban J connectivity index is 1.26. The molecule has 0 bridgehead atoms. The maximum absolute atomic E-state index is 15.0. The minimum atomic E-state index is -0.736. The SMILES string of the molecule is CSc1nc(C(=O)Nc2ccc(Oc3ccnc(C(=O)NC4CCN(C)CC4)c3)c(F)c2)c(-c2ccc(F)cc2)o1. The molecule has 2 amide bonds. The summed E-state index contributed by atoms with van der Waals surface area (Å²) >= 11 is 1.20. The van der Waals surface area contributed by atoms with Gasteiger partial charge in [0.1, 0.15) is 17.3 Å². The van der Waals surface area contributed by atoms with E-state index in [1.54, 1.807) is 6.26 Å². The molecule has 4 aromatic rings. The van der Waals surface area contributed by atoms with Gasteiger partial charge in [0.05, 0.1) is 0 Å². The molecule has 2 aromatic heterocycles. The lowest BCUT2D eigenvalue weighted by Gasteiger charge is -2.29. The number of pyridine rings is 1. The average Bonchev–Trinajstić information content (AvgIpc) is 3.41. The number of hydrogen-bond acceptors (Lipinski definition) is 8. The highest BCUT2D eigenvalue weighted by Gasteiger charge is 2.23. The molecule has 9 nitrogen and oxygen atoms in total. The Labute approximate surface area is 239 Å². The Morgan fingerprint density at radius 2 is 1.80 bits per heavy atom. The van der Waals surface area contributed by atoms with Crippen LogP contribution in [0.4, 0.5) is 14.5 Å². The van der Waals surface area contributed by atoms with Crippen LogP contribution < -0.4 is 15.4 Å². The van der Waals surface area contributed by atoms with E-state index in [4.69, 9.17) is 9.15 Å². The number of rotatable bonds is 8. The van der Waals surface area contributed by atoms with Crippen molar-refractivity contribution in [3.05, 3.63) is 83.8 Å². The summed E-state index contributed by atoms with van der Waals surface area (Å²) in [6.45, 7) is 1.81. The van der Waals surface area contributed by atoms with E-state index >= 15 is 0 Å². The van der Waals surface area contributed by atoms with Gasteiger partial charge in [-0.3, -0.25) is 14.6 Å². The molecule has 0 radical (unpaired) electrons. The Hall–Kier alpha value is -4.29. The molecule has 1 aliphatic heterocycles. The van der Waals surface area contributed by atoms with Crippen LogP contribution in [0.3, 0.4) is 0 Å². The number of carbonyl (C=O) groups is 2. The molecule has 3 heterocycles. The van der Waals surface area contributed by atoms with Gasteiger partial charge in [0.15, 0.2) is 23.0 Å². The van der Waals surface area contributed by atoms with Gasteiger partial charge in [-0.05, 0) is 81.7 Å². The zero-order chi connectivity index (χ0) is 28.9. The summed E-state index contributed by atoms with van der Waals surface area (Å²) in [4.78, 5) is 36.3. The van der Waals surface area contributed by atoms with Crippen molar-refractivity contribution in [1.29, 1.82) is 0 Å². The number of halogens is 2. The minimum absolute atomic E-state index is 0.0236. The van der Waals surface area contributed by atoms with Crippen molar-refractivity contribution in [1.82, 2.24) is 20.2 Å². The second-order valence-electron chi connectivity index (χ2n) is 9.50. The predicted octanol–water partition coefficient (Wildman–Crippen LogP) is 5.61. The number of nitrogens with zero attached hydrogens (tertiary/aromatic N) is 3. The van der Waals surface area contributed by atoms with Gasteiger partial charge in [-0.2, -0.15) is 4.98 Å². The van der Waals surface area contributed by atoms with Crippen molar-refractivity contribution < 1.29 is 27.5 Å². The quantitative estimate of drug-likeness (QED) is 0.260. The summed E-state index contributed by atoms with van der Waals surface area (Å²) < 4.78 is 39.7. The van der Waals surface area contributed by atoms with Crippen LogP contribution in [-0.4, -0.2) is 59.1 Å². The van der Waals surface area contributed by atoms with Crippen molar-refractivity contribution in [3.8, 4) is 22.8 Å². The number of piperidine rings is 1. The average molecular weight is 580 g/mol. The van der Waals surface area contributed by atoms with Crippen LogP contribution in [0.15, 0.2) is 70.4 Å². The molecule has 2 N–H and O–H groups in total. The molecule has 12 heteroatoms. The zero-order valence-electron chi connectivity index (χ0n) is 22.3. The summed E-state index contributed by atoms with van der Waals surface area (Å²) in [6, 6.07) is 12.4. The van der Waals surface area contributed by atoms with Crippen LogP contribution in [0, 0.1) is 11.6 Å². The van der Waals surface area contributed by atoms with Gasteiger partial charge in [0, 0.05) is 35.6 Å². The number of ether oxygens (including phenoxy) is 1. The number of benzene rings is 2. The number of oxazole rings is 1. The first-order valence-corrected chi connectivity index (χ1v) is 14.1. The molecule has 1 fully saturated rings. The van der Waals surface area contributed by atoms with E-state index in [0.717, 1.165) is 32.0 Å². The van der Waals surface area contributed by atoms with Crippen molar-refractivity contribution in [2.75, 3.05) is 31.7 Å². The van der Waals surface area contributed by atoms with E-state index in [-0.39, 0.29) is 51.5 Å². The molecule has 5 rings (SSSR count). The van der Waals surface area contributed by atoms with Gasteiger partial charge in [-0.1, -0.05) is 11.8 Å². The highest BCUT2D eigenvalue weighted by Crippen LogP contribution is 2.31. The predicted molar refractivity (Wildman–Crippen MR) is 150 cm³/mol. The van der Waals surface area contributed by atoms with Crippen molar-refractivity contribution in [2.24, 2.45) is 0 Å². The lowest BCUT2D eigenvalue weighted by molar-refractivity contribution is 0.0911. The fraction of sp³-hybridized carbons (Fsp3) is 0.241. The van der Waals surface area contributed by atoms with Crippen LogP contribution >= 0.6 is 11.8 Å². The second kappa shape index (κ2) is 12.5. The highest BCUT2D eigenvalue weighted by molar-refractivity contribution is 7.98. The third-order valence-corrected chi connectivity index (χ3v) is 7.06. The van der Waals surface area contributed by atoms with Gasteiger partial charge in [-0.15, -0.1) is 0 Å². The number of aromatic nitrogens is 2.